The smallest absolute Gasteiger partial charge is 0.122 e. The Kier molecular flexibility index (Phi) is 3.57. The highest BCUT2D eigenvalue weighted by Gasteiger charge is 2.04. The van der Waals surface area contributed by atoms with Crippen molar-refractivity contribution in [2.45, 2.75) is 18.9 Å². The van der Waals surface area contributed by atoms with Crippen molar-refractivity contribution in [2.75, 3.05) is 5.75 Å². The fourth-order valence-electron chi connectivity index (χ4n) is 1.50. The van der Waals surface area contributed by atoms with E-state index >= 15 is 0 Å². The van der Waals surface area contributed by atoms with Gasteiger partial charge < -0.3 is 0 Å². The predicted octanol–water partition coefficient (Wildman–Crippen LogP) is 3.56. The molecule has 0 unspecified atom stereocenters. The summed E-state index contributed by atoms with van der Waals surface area (Å²) in [6.45, 7) is 4.20. The van der Waals surface area contributed by atoms with Crippen LogP contribution in [0.25, 0.3) is 11.3 Å². The Bertz CT molecular complexity index is 469. The molecule has 0 radical (unpaired) electrons. The van der Waals surface area contributed by atoms with Gasteiger partial charge in [0, 0.05) is 5.56 Å². The van der Waals surface area contributed by atoms with E-state index in [9.17, 15) is 0 Å². The molecule has 1 heterocycles. The second-order valence-electron chi connectivity index (χ2n) is 3.52. The first-order chi connectivity index (χ1) is 7.81. The van der Waals surface area contributed by atoms with Crippen molar-refractivity contribution >= 4 is 11.8 Å². The molecule has 1 aromatic carbocycles. The molecular formula is C13H14N2S. The second-order valence-corrected chi connectivity index (χ2v) is 4.77. The molecule has 0 atom stereocenters. The first-order valence-corrected chi connectivity index (χ1v) is 6.32. The van der Waals surface area contributed by atoms with Gasteiger partial charge in [0.15, 0.2) is 0 Å². The molecule has 0 saturated carbocycles. The Morgan fingerprint density at radius 1 is 1.12 bits per heavy atom. The first-order valence-electron chi connectivity index (χ1n) is 5.34. The number of nitrogens with zero attached hydrogens (tertiary/aromatic N) is 2. The summed E-state index contributed by atoms with van der Waals surface area (Å²) in [6, 6.07) is 12.2. The minimum Gasteiger partial charge on any atom is -0.149 e. The van der Waals surface area contributed by atoms with Gasteiger partial charge in [-0.25, -0.2) is 0 Å². The molecule has 0 saturated heterocycles. The Labute approximate surface area is 100 Å². The standard InChI is InChI=1S/C13H14N2S/c1-3-16-13-10(2)9-12(14-15-13)11-7-5-4-6-8-11/h4-9H,3H2,1-2H3. The van der Waals surface area contributed by atoms with Gasteiger partial charge >= 0.3 is 0 Å². The van der Waals surface area contributed by atoms with Crippen LogP contribution in [0.3, 0.4) is 0 Å². The molecule has 0 N–H and O–H groups in total. The lowest BCUT2D eigenvalue weighted by Crippen LogP contribution is -1.93. The molecule has 0 fully saturated rings. The van der Waals surface area contributed by atoms with Crippen LogP contribution in [0.2, 0.25) is 0 Å². The summed E-state index contributed by atoms with van der Waals surface area (Å²) in [4.78, 5) is 0. The van der Waals surface area contributed by atoms with Crippen LogP contribution in [-0.2, 0) is 0 Å². The van der Waals surface area contributed by atoms with Gasteiger partial charge in [-0.05, 0) is 24.3 Å². The number of aryl methyl sites for hydroxylation is 1. The van der Waals surface area contributed by atoms with E-state index in [-0.39, 0.29) is 0 Å². The van der Waals surface area contributed by atoms with E-state index in [1.165, 1.54) is 5.56 Å². The summed E-state index contributed by atoms with van der Waals surface area (Å²) >= 11 is 1.73. The fourth-order valence-corrected chi connectivity index (χ4v) is 2.16. The van der Waals surface area contributed by atoms with Gasteiger partial charge in [-0.3, -0.25) is 0 Å². The van der Waals surface area contributed by atoms with E-state index < -0.39 is 0 Å². The molecule has 3 heteroatoms. The quantitative estimate of drug-likeness (QED) is 0.754. The number of thioether (sulfide) groups is 1. The molecule has 2 rings (SSSR count). The lowest BCUT2D eigenvalue weighted by Gasteiger charge is -2.04. The van der Waals surface area contributed by atoms with E-state index in [0.717, 1.165) is 22.0 Å². The maximum atomic E-state index is 4.26. The van der Waals surface area contributed by atoms with Crippen LogP contribution in [-0.4, -0.2) is 16.0 Å². The summed E-state index contributed by atoms with van der Waals surface area (Å²) in [6.07, 6.45) is 0. The van der Waals surface area contributed by atoms with Crippen molar-refractivity contribution in [3.8, 4) is 11.3 Å². The maximum Gasteiger partial charge on any atom is 0.122 e. The van der Waals surface area contributed by atoms with E-state index in [1.54, 1.807) is 11.8 Å². The Morgan fingerprint density at radius 3 is 2.50 bits per heavy atom. The van der Waals surface area contributed by atoms with E-state index in [4.69, 9.17) is 0 Å². The molecule has 82 valence electrons. The predicted molar refractivity (Wildman–Crippen MR) is 68.6 cm³/mol. The zero-order valence-electron chi connectivity index (χ0n) is 9.47. The zero-order chi connectivity index (χ0) is 11.4. The summed E-state index contributed by atoms with van der Waals surface area (Å²) in [5, 5.41) is 9.54. The van der Waals surface area contributed by atoms with Crippen molar-refractivity contribution in [1.29, 1.82) is 0 Å². The lowest BCUT2D eigenvalue weighted by atomic mass is 10.1. The van der Waals surface area contributed by atoms with Gasteiger partial charge in [-0.1, -0.05) is 37.3 Å². The van der Waals surface area contributed by atoms with Gasteiger partial charge in [0.2, 0.25) is 0 Å². The molecule has 2 aromatic rings. The van der Waals surface area contributed by atoms with Crippen LogP contribution in [0.4, 0.5) is 0 Å². The van der Waals surface area contributed by atoms with Crippen molar-refractivity contribution in [3.63, 3.8) is 0 Å². The third kappa shape index (κ3) is 2.42. The van der Waals surface area contributed by atoms with Crippen molar-refractivity contribution in [3.05, 3.63) is 42.0 Å². The molecule has 0 aliphatic carbocycles. The lowest BCUT2D eigenvalue weighted by molar-refractivity contribution is 0.913. The average molecular weight is 230 g/mol. The molecule has 0 bridgehead atoms. The number of aromatic nitrogens is 2. The van der Waals surface area contributed by atoms with E-state index in [1.807, 2.05) is 18.2 Å². The van der Waals surface area contributed by atoms with Gasteiger partial charge in [-0.2, -0.15) is 0 Å². The Hall–Kier alpha value is -1.35. The third-order valence-electron chi connectivity index (χ3n) is 2.29. The number of hydrogen-bond donors (Lipinski definition) is 0. The maximum absolute atomic E-state index is 4.26. The van der Waals surface area contributed by atoms with E-state index in [0.29, 0.717) is 0 Å². The van der Waals surface area contributed by atoms with Crippen LogP contribution in [0.5, 0.6) is 0 Å². The summed E-state index contributed by atoms with van der Waals surface area (Å²) in [5.74, 6) is 1.03. The minimum absolute atomic E-state index is 0.943. The van der Waals surface area contributed by atoms with Crippen LogP contribution in [0.1, 0.15) is 12.5 Å². The highest BCUT2D eigenvalue weighted by molar-refractivity contribution is 7.99. The normalized spacial score (nSPS) is 10.4. The van der Waals surface area contributed by atoms with Crippen LogP contribution in [0.15, 0.2) is 41.4 Å². The van der Waals surface area contributed by atoms with Crippen molar-refractivity contribution in [2.24, 2.45) is 0 Å². The summed E-state index contributed by atoms with van der Waals surface area (Å²) < 4.78 is 0. The van der Waals surface area contributed by atoms with Crippen molar-refractivity contribution < 1.29 is 0 Å². The average Bonchev–Trinajstić information content (AvgIpc) is 2.33. The minimum atomic E-state index is 0.943. The molecule has 16 heavy (non-hydrogen) atoms. The van der Waals surface area contributed by atoms with Crippen molar-refractivity contribution in [1.82, 2.24) is 10.2 Å². The molecule has 0 spiro atoms. The largest absolute Gasteiger partial charge is 0.149 e. The Balaban J connectivity index is 2.35. The SMILES string of the molecule is CCSc1nnc(-c2ccccc2)cc1C. The van der Waals surface area contributed by atoms with Gasteiger partial charge in [0.1, 0.15) is 5.03 Å². The zero-order valence-corrected chi connectivity index (χ0v) is 10.3. The van der Waals surface area contributed by atoms with Crippen LogP contribution in [0, 0.1) is 6.92 Å². The van der Waals surface area contributed by atoms with Gasteiger partial charge in [-0.15, -0.1) is 22.0 Å². The number of benzene rings is 1. The summed E-state index contributed by atoms with van der Waals surface area (Å²) in [7, 11) is 0. The molecule has 0 aliphatic rings. The molecule has 2 nitrogen and oxygen atoms in total. The monoisotopic (exact) mass is 230 g/mol. The highest BCUT2D eigenvalue weighted by atomic mass is 32.2. The van der Waals surface area contributed by atoms with Crippen LogP contribution >= 0.6 is 11.8 Å². The summed E-state index contributed by atoms with van der Waals surface area (Å²) in [5.41, 5.74) is 3.26. The van der Waals surface area contributed by atoms with E-state index in [2.05, 4.69) is 42.2 Å². The first kappa shape index (κ1) is 11.1. The highest BCUT2D eigenvalue weighted by Crippen LogP contribution is 2.23. The molecule has 0 amide bonds. The molecular weight excluding hydrogens is 216 g/mol. The fraction of sp³-hybridized carbons (Fsp3) is 0.231. The number of rotatable bonds is 3. The van der Waals surface area contributed by atoms with Gasteiger partial charge in [0.05, 0.1) is 5.69 Å². The number of hydrogen-bond acceptors (Lipinski definition) is 3. The van der Waals surface area contributed by atoms with Crippen LogP contribution < -0.4 is 0 Å². The second kappa shape index (κ2) is 5.12. The Morgan fingerprint density at radius 2 is 1.88 bits per heavy atom. The topological polar surface area (TPSA) is 25.8 Å². The van der Waals surface area contributed by atoms with Gasteiger partial charge in [0.25, 0.3) is 0 Å². The third-order valence-corrected chi connectivity index (χ3v) is 3.26. The molecule has 1 aromatic heterocycles. The molecule has 0 aliphatic heterocycles.